The first-order valence-electron chi connectivity index (χ1n) is 17.3. The van der Waals surface area contributed by atoms with Gasteiger partial charge in [0.2, 0.25) is 0 Å². The maximum atomic E-state index is 13.8. The van der Waals surface area contributed by atoms with Crippen LogP contribution in [0.5, 0.6) is 17.2 Å². The van der Waals surface area contributed by atoms with Crippen LogP contribution in [0.3, 0.4) is 0 Å². The number of nitrogens with zero attached hydrogens (tertiary/aromatic N) is 1. The summed E-state index contributed by atoms with van der Waals surface area (Å²) in [6.07, 6.45) is 6.09. The summed E-state index contributed by atoms with van der Waals surface area (Å²) in [4.78, 5) is 38.7. The molecule has 2 heterocycles. The number of aromatic nitrogens is 1. The van der Waals surface area contributed by atoms with Crippen LogP contribution in [0.1, 0.15) is 80.3 Å². The summed E-state index contributed by atoms with van der Waals surface area (Å²) >= 11 is 0. The van der Waals surface area contributed by atoms with Gasteiger partial charge >= 0.3 is 11.9 Å². The van der Waals surface area contributed by atoms with E-state index in [9.17, 15) is 14.4 Å². The fourth-order valence-corrected chi connectivity index (χ4v) is 7.08. The van der Waals surface area contributed by atoms with E-state index in [1.54, 1.807) is 52.1 Å². The van der Waals surface area contributed by atoms with Crippen LogP contribution in [-0.2, 0) is 32.0 Å². The lowest BCUT2D eigenvalue weighted by Gasteiger charge is -2.23. The van der Waals surface area contributed by atoms with E-state index in [1.807, 2.05) is 24.3 Å². The first-order chi connectivity index (χ1) is 24.0. The molecule has 0 radical (unpaired) electrons. The highest BCUT2D eigenvalue weighted by molar-refractivity contribution is 6.02. The molecule has 0 spiro atoms. The average Bonchev–Trinajstić information content (AvgIpc) is 3.31. The van der Waals surface area contributed by atoms with Crippen LogP contribution >= 0.6 is 0 Å². The summed E-state index contributed by atoms with van der Waals surface area (Å²) < 4.78 is 30.0. The Bertz CT molecular complexity index is 1860. The molecule has 2 aliphatic rings. The molecule has 10 nitrogen and oxygen atoms in total. The number of rotatable bonds is 10. The monoisotopic (exact) mass is 682 g/mol. The van der Waals surface area contributed by atoms with Crippen molar-refractivity contribution in [1.29, 1.82) is 0 Å². The molecule has 3 aromatic carbocycles. The van der Waals surface area contributed by atoms with E-state index in [0.717, 1.165) is 52.1 Å². The van der Waals surface area contributed by atoms with Crippen molar-refractivity contribution in [3.63, 3.8) is 0 Å². The zero-order valence-corrected chi connectivity index (χ0v) is 29.5. The minimum absolute atomic E-state index is 0.205. The summed E-state index contributed by atoms with van der Waals surface area (Å²) in [5.74, 6) is 1.05. The number of benzene rings is 3. The normalized spacial score (nSPS) is 15.1. The molecule has 0 bridgehead atoms. The molecule has 264 valence electrons. The van der Waals surface area contributed by atoms with Crippen LogP contribution in [0.15, 0.2) is 60.7 Å². The van der Waals surface area contributed by atoms with E-state index in [4.69, 9.17) is 23.7 Å². The van der Waals surface area contributed by atoms with Gasteiger partial charge in [-0.05, 0) is 87.1 Å². The average molecular weight is 683 g/mol. The molecule has 1 N–H and O–H groups in total. The molecule has 1 aromatic heterocycles. The van der Waals surface area contributed by atoms with Gasteiger partial charge in [-0.1, -0.05) is 37.5 Å². The van der Waals surface area contributed by atoms with E-state index < -0.39 is 23.6 Å². The summed E-state index contributed by atoms with van der Waals surface area (Å²) in [5.41, 5.74) is 5.09. The Morgan fingerprint density at radius 1 is 0.940 bits per heavy atom. The molecular weight excluding hydrogens is 636 g/mol. The molecule has 4 aromatic rings. The number of esters is 2. The number of amides is 1. The van der Waals surface area contributed by atoms with Crippen molar-refractivity contribution in [2.45, 2.75) is 83.4 Å². The molecule has 0 saturated heterocycles. The minimum Gasteiger partial charge on any atom is -0.497 e. The molecule has 1 amide bonds. The van der Waals surface area contributed by atoms with Crippen LogP contribution in [0.4, 0.5) is 0 Å². The van der Waals surface area contributed by atoms with Crippen molar-refractivity contribution in [2.24, 2.45) is 0 Å². The maximum Gasteiger partial charge on any atom is 0.344 e. The largest absolute Gasteiger partial charge is 0.497 e. The highest BCUT2D eigenvalue weighted by Crippen LogP contribution is 2.47. The Balaban J connectivity index is 1.25. The first kappa shape index (κ1) is 34.9. The number of hydrogen-bond donors (Lipinski definition) is 1. The van der Waals surface area contributed by atoms with Crippen LogP contribution < -0.4 is 19.5 Å². The van der Waals surface area contributed by atoms with Crippen molar-refractivity contribution in [1.82, 2.24) is 9.88 Å². The van der Waals surface area contributed by atoms with Crippen molar-refractivity contribution >= 4 is 28.7 Å². The van der Waals surface area contributed by atoms with Crippen molar-refractivity contribution in [3.8, 4) is 28.5 Å². The highest BCUT2D eigenvalue weighted by atomic mass is 16.6. The van der Waals surface area contributed by atoms with Gasteiger partial charge in [0.05, 0.1) is 26.5 Å². The quantitative estimate of drug-likeness (QED) is 0.178. The van der Waals surface area contributed by atoms with E-state index in [1.165, 1.54) is 31.9 Å². The molecule has 6 rings (SSSR count). The second kappa shape index (κ2) is 14.9. The van der Waals surface area contributed by atoms with E-state index >= 15 is 0 Å². The van der Waals surface area contributed by atoms with Gasteiger partial charge in [-0.3, -0.25) is 4.79 Å². The third-order valence-corrected chi connectivity index (χ3v) is 9.33. The molecule has 1 fully saturated rings. The van der Waals surface area contributed by atoms with Crippen molar-refractivity contribution in [3.05, 3.63) is 77.4 Å². The number of carbonyl (C=O) groups is 3. The number of ether oxygens (including phenoxy) is 5. The molecule has 10 heteroatoms. The Morgan fingerprint density at radius 2 is 1.68 bits per heavy atom. The van der Waals surface area contributed by atoms with Crippen molar-refractivity contribution in [2.75, 3.05) is 27.4 Å². The fraction of sp³-hybridized carbons (Fsp3) is 0.425. The summed E-state index contributed by atoms with van der Waals surface area (Å²) in [5, 5.41) is 4.05. The lowest BCUT2D eigenvalue weighted by molar-refractivity contribution is -0.157. The first-order valence-corrected chi connectivity index (χ1v) is 17.3. The number of nitrogens with one attached hydrogen (secondary N) is 1. The van der Waals surface area contributed by atoms with Gasteiger partial charge in [0.25, 0.3) is 5.91 Å². The lowest BCUT2D eigenvalue weighted by Crippen LogP contribution is -2.43. The van der Waals surface area contributed by atoms with E-state index in [2.05, 4.69) is 22.0 Å². The number of carbonyl (C=O) groups excluding carboxylic acids is 3. The van der Waals surface area contributed by atoms with E-state index in [-0.39, 0.29) is 18.9 Å². The van der Waals surface area contributed by atoms with Gasteiger partial charge in [0, 0.05) is 34.5 Å². The van der Waals surface area contributed by atoms with Crippen LogP contribution in [0.2, 0.25) is 0 Å². The Labute approximate surface area is 293 Å². The SMILES string of the molecule is COC(=O)[C@H](Cc1ccc(OCC(=O)OC(C)(C)C)cc1)NC(=O)c1ccc2c(C3CCCCC3)c3n(c2c1)CCOc1cc(OC)ccc1-3. The van der Waals surface area contributed by atoms with Gasteiger partial charge in [-0.25, -0.2) is 9.59 Å². The number of fused-ring (bicyclic) bond motifs is 5. The summed E-state index contributed by atoms with van der Waals surface area (Å²) in [6, 6.07) is 17.9. The minimum atomic E-state index is -0.922. The Hall–Kier alpha value is -4.99. The molecular formula is C40H46N2O8. The fourth-order valence-electron chi connectivity index (χ4n) is 7.08. The molecule has 1 aliphatic carbocycles. The second-order valence-electron chi connectivity index (χ2n) is 14.0. The Morgan fingerprint density at radius 3 is 2.38 bits per heavy atom. The zero-order valence-electron chi connectivity index (χ0n) is 29.5. The number of methoxy groups -OCH3 is 2. The molecule has 1 saturated carbocycles. The van der Waals surface area contributed by atoms with Gasteiger partial charge in [-0.2, -0.15) is 0 Å². The topological polar surface area (TPSA) is 114 Å². The molecule has 50 heavy (non-hydrogen) atoms. The third-order valence-electron chi connectivity index (χ3n) is 9.33. The third kappa shape index (κ3) is 7.74. The molecule has 1 aliphatic heterocycles. The van der Waals surface area contributed by atoms with Gasteiger partial charge < -0.3 is 33.6 Å². The standard InChI is InChI=1S/C40H46N2O8/c1-40(2,3)50-35(43)24-49-28-14-11-25(12-15-28)21-32(39(45)47-5)41-38(44)27-13-17-30-33(22-27)42-19-20-48-34-23-29(46-4)16-18-31(34)37(42)36(30)26-9-7-6-8-10-26/h11-18,22-23,26,32H,6-10,19-21,24H2,1-5H3,(H,41,44)/t32-/m0/s1. The highest BCUT2D eigenvalue weighted by Gasteiger charge is 2.30. The molecule has 1 atom stereocenters. The van der Waals surface area contributed by atoms with Gasteiger partial charge in [0.15, 0.2) is 6.61 Å². The van der Waals surface area contributed by atoms with E-state index in [0.29, 0.717) is 30.4 Å². The van der Waals surface area contributed by atoms with Gasteiger partial charge in [-0.15, -0.1) is 0 Å². The van der Waals surface area contributed by atoms with Crippen LogP contribution in [0, 0.1) is 0 Å². The Kier molecular flexibility index (Phi) is 10.4. The number of hydrogen-bond acceptors (Lipinski definition) is 8. The van der Waals surface area contributed by atoms with Crippen LogP contribution in [0.25, 0.3) is 22.2 Å². The predicted molar refractivity (Wildman–Crippen MR) is 190 cm³/mol. The predicted octanol–water partition coefficient (Wildman–Crippen LogP) is 6.99. The smallest absolute Gasteiger partial charge is 0.344 e. The van der Waals surface area contributed by atoms with Gasteiger partial charge in [0.1, 0.15) is 35.5 Å². The van der Waals surface area contributed by atoms with Crippen molar-refractivity contribution < 1.29 is 38.1 Å². The maximum absolute atomic E-state index is 13.8. The summed E-state index contributed by atoms with van der Waals surface area (Å²) in [7, 11) is 2.96. The summed E-state index contributed by atoms with van der Waals surface area (Å²) in [6.45, 7) is 6.27. The van der Waals surface area contributed by atoms with Crippen LogP contribution in [-0.4, -0.2) is 61.5 Å². The zero-order chi connectivity index (χ0) is 35.4. The molecule has 0 unspecified atom stereocenters. The lowest BCUT2D eigenvalue weighted by atomic mass is 9.81. The second-order valence-corrected chi connectivity index (χ2v) is 14.0.